The van der Waals surface area contributed by atoms with Crippen molar-refractivity contribution in [3.05, 3.63) is 47.8 Å². The Morgan fingerprint density at radius 1 is 1.04 bits per heavy atom. The number of carbonyl (C=O) groups is 1. The van der Waals surface area contributed by atoms with Crippen molar-refractivity contribution < 1.29 is 23.4 Å². The molecule has 2 aromatic carbocycles. The van der Waals surface area contributed by atoms with Crippen LogP contribution in [0.15, 0.2) is 36.4 Å². The van der Waals surface area contributed by atoms with Crippen LogP contribution in [0.5, 0.6) is 17.2 Å². The molecule has 0 bridgehead atoms. The number of methoxy groups -OCH3 is 3. The number of benzene rings is 2. The van der Waals surface area contributed by atoms with Crippen LogP contribution in [0.25, 0.3) is 0 Å². The third-order valence-electron chi connectivity index (χ3n) is 3.32. The summed E-state index contributed by atoms with van der Waals surface area (Å²) < 4.78 is 29.2. The van der Waals surface area contributed by atoms with Gasteiger partial charge in [-0.15, -0.1) is 0 Å². The molecule has 0 aliphatic rings. The molecule has 0 radical (unpaired) electrons. The highest BCUT2D eigenvalue weighted by molar-refractivity contribution is 5.90. The molecule has 6 nitrogen and oxygen atoms in total. The number of halogens is 1. The van der Waals surface area contributed by atoms with Gasteiger partial charge >= 0.3 is 6.03 Å². The van der Waals surface area contributed by atoms with Gasteiger partial charge in [-0.1, -0.05) is 18.2 Å². The molecule has 24 heavy (non-hydrogen) atoms. The summed E-state index contributed by atoms with van der Waals surface area (Å²) in [7, 11) is 4.47. The molecule has 2 rings (SSSR count). The zero-order valence-corrected chi connectivity index (χ0v) is 13.7. The fourth-order valence-corrected chi connectivity index (χ4v) is 2.15. The van der Waals surface area contributed by atoms with E-state index in [2.05, 4.69) is 10.6 Å². The first kappa shape index (κ1) is 17.4. The number of carbonyl (C=O) groups excluding carboxylic acids is 1. The molecule has 0 aromatic heterocycles. The third kappa shape index (κ3) is 4.07. The van der Waals surface area contributed by atoms with Crippen LogP contribution in [0.2, 0.25) is 0 Å². The molecule has 0 spiro atoms. The second-order valence-electron chi connectivity index (χ2n) is 4.81. The molecule has 0 atom stereocenters. The molecule has 0 saturated carbocycles. The van der Waals surface area contributed by atoms with Crippen molar-refractivity contribution in [2.24, 2.45) is 0 Å². The number of nitrogens with one attached hydrogen (secondary N) is 2. The number of hydrogen-bond acceptors (Lipinski definition) is 4. The topological polar surface area (TPSA) is 68.8 Å². The van der Waals surface area contributed by atoms with E-state index in [0.29, 0.717) is 28.5 Å². The van der Waals surface area contributed by atoms with Crippen molar-refractivity contribution in [3.63, 3.8) is 0 Å². The van der Waals surface area contributed by atoms with Gasteiger partial charge in [-0.25, -0.2) is 9.18 Å². The van der Waals surface area contributed by atoms with Crippen LogP contribution < -0.4 is 24.8 Å². The fraction of sp³-hybridized carbons (Fsp3) is 0.235. The largest absolute Gasteiger partial charge is 0.493 e. The lowest BCUT2D eigenvalue weighted by Gasteiger charge is -2.15. The summed E-state index contributed by atoms with van der Waals surface area (Å²) in [6.45, 7) is 0.0724. The van der Waals surface area contributed by atoms with Crippen molar-refractivity contribution in [2.75, 3.05) is 26.6 Å². The Labute approximate surface area is 139 Å². The highest BCUT2D eigenvalue weighted by Crippen LogP contribution is 2.39. The van der Waals surface area contributed by atoms with Gasteiger partial charge in [-0.3, -0.25) is 0 Å². The Morgan fingerprint density at radius 2 is 1.67 bits per heavy atom. The highest BCUT2D eigenvalue weighted by Gasteiger charge is 2.14. The van der Waals surface area contributed by atoms with E-state index in [1.54, 1.807) is 30.3 Å². The summed E-state index contributed by atoms with van der Waals surface area (Å²) in [6.07, 6.45) is 0. The van der Waals surface area contributed by atoms with Crippen molar-refractivity contribution >= 4 is 11.7 Å². The third-order valence-corrected chi connectivity index (χ3v) is 3.32. The van der Waals surface area contributed by atoms with E-state index in [0.717, 1.165) is 0 Å². The maximum atomic E-state index is 13.5. The van der Waals surface area contributed by atoms with Gasteiger partial charge in [0.2, 0.25) is 5.75 Å². The van der Waals surface area contributed by atoms with Gasteiger partial charge in [-0.05, 0) is 6.07 Å². The van der Waals surface area contributed by atoms with Crippen molar-refractivity contribution in [1.29, 1.82) is 0 Å². The predicted octanol–water partition coefficient (Wildman–Crippen LogP) is 3.17. The maximum Gasteiger partial charge on any atom is 0.319 e. The Morgan fingerprint density at radius 3 is 2.21 bits per heavy atom. The molecular formula is C17H19FN2O4. The Kier molecular flexibility index (Phi) is 5.83. The highest BCUT2D eigenvalue weighted by atomic mass is 19.1. The number of anilines is 1. The standard InChI is InChI=1S/C17H19FN2O4/c1-22-14-8-12(9-15(23-2)16(14)24-3)20-17(21)19-10-11-6-4-5-7-13(11)18/h4-9H,10H2,1-3H3,(H2,19,20,21). The zero-order chi connectivity index (χ0) is 17.5. The lowest BCUT2D eigenvalue weighted by Crippen LogP contribution is -2.28. The van der Waals surface area contributed by atoms with Gasteiger partial charge in [0, 0.05) is 24.2 Å². The summed E-state index contributed by atoms with van der Waals surface area (Å²) >= 11 is 0. The SMILES string of the molecule is COc1cc(NC(=O)NCc2ccccc2F)cc(OC)c1OC. The molecule has 2 amide bonds. The predicted molar refractivity (Wildman–Crippen MR) is 88.4 cm³/mol. The minimum atomic E-state index is -0.479. The van der Waals surface area contributed by atoms with Gasteiger partial charge in [0.15, 0.2) is 11.5 Å². The number of ether oxygens (including phenoxy) is 3. The summed E-state index contributed by atoms with van der Waals surface area (Å²) in [6, 6.07) is 8.97. The summed E-state index contributed by atoms with van der Waals surface area (Å²) in [5.74, 6) is 0.894. The van der Waals surface area contributed by atoms with Crippen molar-refractivity contribution in [2.45, 2.75) is 6.54 Å². The number of amides is 2. The maximum absolute atomic E-state index is 13.5. The molecule has 0 unspecified atom stereocenters. The average Bonchev–Trinajstić information content (AvgIpc) is 2.60. The first-order chi connectivity index (χ1) is 11.6. The average molecular weight is 334 g/mol. The number of hydrogen-bond donors (Lipinski definition) is 2. The molecular weight excluding hydrogens is 315 g/mol. The summed E-state index contributed by atoms with van der Waals surface area (Å²) in [5, 5.41) is 5.23. The first-order valence-corrected chi connectivity index (χ1v) is 7.17. The van der Waals surface area contributed by atoms with Gasteiger partial charge in [0.25, 0.3) is 0 Å². The normalized spacial score (nSPS) is 10.0. The zero-order valence-electron chi connectivity index (χ0n) is 13.7. The van der Waals surface area contributed by atoms with Crippen LogP contribution in [0.1, 0.15) is 5.56 Å². The van der Waals surface area contributed by atoms with Crippen LogP contribution >= 0.6 is 0 Å². The first-order valence-electron chi connectivity index (χ1n) is 7.17. The lowest BCUT2D eigenvalue weighted by atomic mass is 10.2. The smallest absolute Gasteiger partial charge is 0.319 e. The van der Waals surface area contributed by atoms with Crippen LogP contribution in [0.3, 0.4) is 0 Å². The second-order valence-corrected chi connectivity index (χ2v) is 4.81. The van der Waals surface area contributed by atoms with Gasteiger partial charge in [-0.2, -0.15) is 0 Å². The van der Waals surface area contributed by atoms with E-state index >= 15 is 0 Å². The lowest BCUT2D eigenvalue weighted by molar-refractivity contribution is 0.251. The number of urea groups is 1. The summed E-state index contributed by atoms with van der Waals surface area (Å²) in [5.41, 5.74) is 0.855. The molecule has 0 fully saturated rings. The molecule has 2 N–H and O–H groups in total. The molecule has 0 aliphatic carbocycles. The molecule has 2 aromatic rings. The van der Waals surface area contributed by atoms with Crippen LogP contribution in [0, 0.1) is 5.82 Å². The molecule has 128 valence electrons. The van der Waals surface area contributed by atoms with E-state index in [-0.39, 0.29) is 12.4 Å². The van der Waals surface area contributed by atoms with E-state index in [1.807, 2.05) is 0 Å². The van der Waals surface area contributed by atoms with E-state index in [9.17, 15) is 9.18 Å². The molecule has 0 heterocycles. The minimum absolute atomic E-state index is 0.0724. The molecule has 0 aliphatic heterocycles. The van der Waals surface area contributed by atoms with E-state index in [4.69, 9.17) is 14.2 Å². The van der Waals surface area contributed by atoms with E-state index < -0.39 is 6.03 Å². The van der Waals surface area contributed by atoms with Gasteiger partial charge in [0.1, 0.15) is 5.82 Å². The van der Waals surface area contributed by atoms with Crippen molar-refractivity contribution in [1.82, 2.24) is 5.32 Å². The number of rotatable bonds is 6. The van der Waals surface area contributed by atoms with Crippen molar-refractivity contribution in [3.8, 4) is 17.2 Å². The van der Waals surface area contributed by atoms with Crippen LogP contribution in [-0.4, -0.2) is 27.4 Å². The van der Waals surface area contributed by atoms with Crippen LogP contribution in [-0.2, 0) is 6.54 Å². The minimum Gasteiger partial charge on any atom is -0.493 e. The Balaban J connectivity index is 2.07. The summed E-state index contributed by atoms with van der Waals surface area (Å²) in [4.78, 5) is 12.0. The Hall–Kier alpha value is -2.96. The van der Waals surface area contributed by atoms with Gasteiger partial charge in [0.05, 0.1) is 27.0 Å². The Bertz CT molecular complexity index is 696. The van der Waals surface area contributed by atoms with E-state index in [1.165, 1.54) is 27.4 Å². The quantitative estimate of drug-likeness (QED) is 0.851. The second kappa shape index (κ2) is 8.05. The fourth-order valence-electron chi connectivity index (χ4n) is 2.15. The molecule has 0 saturated heterocycles. The van der Waals surface area contributed by atoms with Gasteiger partial charge < -0.3 is 24.8 Å². The molecule has 7 heteroatoms. The van der Waals surface area contributed by atoms with Crippen LogP contribution in [0.4, 0.5) is 14.9 Å². The monoisotopic (exact) mass is 334 g/mol.